The molecule has 1 heterocycles. The van der Waals surface area contributed by atoms with Crippen LogP contribution in [-0.2, 0) is 6.54 Å². The molecule has 3 unspecified atom stereocenters. The molecular formula is C15H23BrN2. The van der Waals surface area contributed by atoms with Crippen LogP contribution in [0.1, 0.15) is 32.8 Å². The standard InChI is InChI=1S/C15H23BrN2/c1-10-6-11(2)12(3)18(8-10)9-13-4-5-14(16)15(17)7-13/h4-5,7,10-12H,6,8-9,17H2,1-3H3. The summed E-state index contributed by atoms with van der Waals surface area (Å²) in [4.78, 5) is 2.58. The zero-order valence-electron chi connectivity index (χ0n) is 11.5. The number of likely N-dealkylation sites (tertiary alicyclic amines) is 1. The van der Waals surface area contributed by atoms with Crippen LogP contribution in [0.25, 0.3) is 0 Å². The van der Waals surface area contributed by atoms with Gasteiger partial charge in [0.2, 0.25) is 0 Å². The fourth-order valence-electron chi connectivity index (χ4n) is 2.97. The predicted octanol–water partition coefficient (Wildman–Crippen LogP) is 3.90. The maximum atomic E-state index is 5.95. The molecule has 0 spiro atoms. The molecule has 18 heavy (non-hydrogen) atoms. The maximum Gasteiger partial charge on any atom is 0.0461 e. The Bertz CT molecular complexity index is 419. The summed E-state index contributed by atoms with van der Waals surface area (Å²) < 4.78 is 0.986. The third-order valence-corrected chi connectivity index (χ3v) is 4.89. The van der Waals surface area contributed by atoms with E-state index in [0.29, 0.717) is 6.04 Å². The highest BCUT2D eigenvalue weighted by Gasteiger charge is 2.28. The average molecular weight is 311 g/mol. The number of anilines is 1. The van der Waals surface area contributed by atoms with Crippen molar-refractivity contribution in [2.45, 2.75) is 39.8 Å². The van der Waals surface area contributed by atoms with Crippen molar-refractivity contribution in [3.8, 4) is 0 Å². The lowest BCUT2D eigenvalue weighted by Crippen LogP contribution is -2.45. The van der Waals surface area contributed by atoms with E-state index in [-0.39, 0.29) is 0 Å². The van der Waals surface area contributed by atoms with E-state index in [1.165, 1.54) is 18.5 Å². The van der Waals surface area contributed by atoms with Crippen LogP contribution in [0, 0.1) is 11.8 Å². The van der Waals surface area contributed by atoms with E-state index in [2.05, 4.69) is 53.7 Å². The Morgan fingerprint density at radius 2 is 2.06 bits per heavy atom. The molecule has 100 valence electrons. The van der Waals surface area contributed by atoms with E-state index in [0.717, 1.165) is 28.5 Å². The smallest absolute Gasteiger partial charge is 0.0461 e. The second-order valence-corrected chi connectivity index (χ2v) is 6.70. The summed E-state index contributed by atoms with van der Waals surface area (Å²) in [6, 6.07) is 6.95. The van der Waals surface area contributed by atoms with E-state index in [9.17, 15) is 0 Å². The number of rotatable bonds is 2. The molecule has 3 atom stereocenters. The number of halogens is 1. The monoisotopic (exact) mass is 310 g/mol. The summed E-state index contributed by atoms with van der Waals surface area (Å²) in [7, 11) is 0. The van der Waals surface area contributed by atoms with Gasteiger partial charge in [-0.15, -0.1) is 0 Å². The van der Waals surface area contributed by atoms with Gasteiger partial charge in [0.05, 0.1) is 0 Å². The van der Waals surface area contributed by atoms with Crippen LogP contribution >= 0.6 is 15.9 Å². The van der Waals surface area contributed by atoms with Crippen LogP contribution in [0.2, 0.25) is 0 Å². The number of benzene rings is 1. The van der Waals surface area contributed by atoms with Crippen molar-refractivity contribution in [3.63, 3.8) is 0 Å². The van der Waals surface area contributed by atoms with Crippen LogP contribution in [0.3, 0.4) is 0 Å². The van der Waals surface area contributed by atoms with Gasteiger partial charge in [0.25, 0.3) is 0 Å². The Kier molecular flexibility index (Phi) is 4.33. The SMILES string of the molecule is CC1CC(C)C(C)N(Cc2ccc(Br)c(N)c2)C1. The van der Waals surface area contributed by atoms with Crippen LogP contribution in [-0.4, -0.2) is 17.5 Å². The maximum absolute atomic E-state index is 5.95. The van der Waals surface area contributed by atoms with E-state index in [4.69, 9.17) is 5.73 Å². The normalized spacial score (nSPS) is 29.4. The third-order valence-electron chi connectivity index (χ3n) is 4.17. The zero-order valence-corrected chi connectivity index (χ0v) is 13.1. The van der Waals surface area contributed by atoms with Crippen LogP contribution in [0.4, 0.5) is 5.69 Å². The Morgan fingerprint density at radius 3 is 2.72 bits per heavy atom. The summed E-state index contributed by atoms with van der Waals surface area (Å²) in [6.07, 6.45) is 1.35. The number of hydrogen-bond donors (Lipinski definition) is 1. The molecule has 1 saturated heterocycles. The van der Waals surface area contributed by atoms with Gasteiger partial charge >= 0.3 is 0 Å². The fourth-order valence-corrected chi connectivity index (χ4v) is 3.21. The summed E-state index contributed by atoms with van der Waals surface area (Å²) >= 11 is 3.45. The van der Waals surface area contributed by atoms with Crippen LogP contribution < -0.4 is 5.73 Å². The lowest BCUT2D eigenvalue weighted by atomic mass is 9.86. The minimum absolute atomic E-state index is 0.658. The minimum atomic E-state index is 0.658. The second-order valence-electron chi connectivity index (χ2n) is 5.84. The van der Waals surface area contributed by atoms with E-state index < -0.39 is 0 Å². The first-order valence-corrected chi connectivity index (χ1v) is 7.54. The fraction of sp³-hybridized carbons (Fsp3) is 0.600. The lowest BCUT2D eigenvalue weighted by Gasteiger charge is -2.41. The van der Waals surface area contributed by atoms with Crippen molar-refractivity contribution in [2.24, 2.45) is 11.8 Å². The molecular weight excluding hydrogens is 288 g/mol. The molecule has 0 saturated carbocycles. The largest absolute Gasteiger partial charge is 0.398 e. The predicted molar refractivity (Wildman–Crippen MR) is 81.4 cm³/mol. The summed E-state index contributed by atoms with van der Waals surface area (Å²) in [5.74, 6) is 1.57. The second kappa shape index (κ2) is 5.62. The molecule has 0 aromatic heterocycles. The summed E-state index contributed by atoms with van der Waals surface area (Å²) in [5, 5.41) is 0. The van der Waals surface area contributed by atoms with Gasteiger partial charge < -0.3 is 5.73 Å². The van der Waals surface area contributed by atoms with Crippen molar-refractivity contribution in [1.29, 1.82) is 0 Å². The van der Waals surface area contributed by atoms with Crippen LogP contribution in [0.5, 0.6) is 0 Å². The van der Waals surface area contributed by atoms with Crippen molar-refractivity contribution >= 4 is 21.6 Å². The molecule has 2 nitrogen and oxygen atoms in total. The third kappa shape index (κ3) is 3.07. The molecule has 0 amide bonds. The summed E-state index contributed by atoms with van der Waals surface area (Å²) in [6.45, 7) is 9.27. The molecule has 3 heteroatoms. The molecule has 1 aliphatic heterocycles. The van der Waals surface area contributed by atoms with Gasteiger partial charge in [-0.1, -0.05) is 19.9 Å². The van der Waals surface area contributed by atoms with Gasteiger partial charge in [0, 0.05) is 29.3 Å². The number of nitrogens with zero attached hydrogens (tertiary/aromatic N) is 1. The van der Waals surface area contributed by atoms with Crippen molar-refractivity contribution in [2.75, 3.05) is 12.3 Å². The van der Waals surface area contributed by atoms with Gasteiger partial charge in [-0.25, -0.2) is 0 Å². The number of hydrogen-bond acceptors (Lipinski definition) is 2. The first-order chi connectivity index (χ1) is 8.47. The Hall–Kier alpha value is -0.540. The highest BCUT2D eigenvalue weighted by atomic mass is 79.9. The molecule has 0 radical (unpaired) electrons. The average Bonchev–Trinajstić information content (AvgIpc) is 2.30. The number of nitrogens with two attached hydrogens (primary N) is 1. The topological polar surface area (TPSA) is 29.3 Å². The lowest BCUT2D eigenvalue weighted by molar-refractivity contribution is 0.0730. The van der Waals surface area contributed by atoms with Crippen molar-refractivity contribution in [1.82, 2.24) is 4.90 Å². The first-order valence-electron chi connectivity index (χ1n) is 6.75. The highest BCUT2D eigenvalue weighted by Crippen LogP contribution is 2.29. The van der Waals surface area contributed by atoms with Crippen molar-refractivity contribution < 1.29 is 0 Å². The van der Waals surface area contributed by atoms with Crippen molar-refractivity contribution in [3.05, 3.63) is 28.2 Å². The molecule has 0 bridgehead atoms. The van der Waals surface area contributed by atoms with E-state index >= 15 is 0 Å². The Morgan fingerprint density at radius 1 is 1.33 bits per heavy atom. The van der Waals surface area contributed by atoms with Gasteiger partial charge in [-0.3, -0.25) is 4.90 Å². The molecule has 1 aromatic carbocycles. The molecule has 0 aliphatic carbocycles. The molecule has 1 aliphatic rings. The van der Waals surface area contributed by atoms with Gasteiger partial charge in [-0.05, 0) is 58.8 Å². The van der Waals surface area contributed by atoms with Gasteiger partial charge in [0.15, 0.2) is 0 Å². The molecule has 1 fully saturated rings. The highest BCUT2D eigenvalue weighted by molar-refractivity contribution is 9.10. The van der Waals surface area contributed by atoms with Crippen LogP contribution in [0.15, 0.2) is 22.7 Å². The molecule has 2 rings (SSSR count). The Balaban J connectivity index is 2.09. The number of piperidine rings is 1. The minimum Gasteiger partial charge on any atom is -0.398 e. The first kappa shape index (κ1) is 13.9. The molecule has 1 aromatic rings. The Labute approximate surface area is 119 Å². The quantitative estimate of drug-likeness (QED) is 0.839. The van der Waals surface area contributed by atoms with Gasteiger partial charge in [0.1, 0.15) is 0 Å². The molecule has 2 N–H and O–H groups in total. The van der Waals surface area contributed by atoms with E-state index in [1.807, 2.05) is 6.07 Å². The van der Waals surface area contributed by atoms with E-state index in [1.54, 1.807) is 0 Å². The number of nitrogen functional groups attached to an aromatic ring is 1. The van der Waals surface area contributed by atoms with Gasteiger partial charge in [-0.2, -0.15) is 0 Å². The zero-order chi connectivity index (χ0) is 13.3. The summed E-state index contributed by atoms with van der Waals surface area (Å²) in [5.41, 5.74) is 8.09.